The van der Waals surface area contributed by atoms with E-state index >= 15 is 0 Å². The highest BCUT2D eigenvalue weighted by molar-refractivity contribution is 5.91. The fourth-order valence-corrected chi connectivity index (χ4v) is 2.55. The molecule has 118 valence electrons. The summed E-state index contributed by atoms with van der Waals surface area (Å²) in [5, 5.41) is 22.4. The Morgan fingerprint density at radius 2 is 1.73 bits per heavy atom. The van der Waals surface area contributed by atoms with Crippen molar-refractivity contribution >= 4 is 10.9 Å². The maximum absolute atomic E-state index is 10.9. The number of fused-ring (bicyclic) bond motifs is 1. The molecule has 0 aliphatic rings. The molecule has 0 fully saturated rings. The van der Waals surface area contributed by atoms with Gasteiger partial charge in [-0.05, 0) is 6.07 Å². The van der Waals surface area contributed by atoms with Crippen LogP contribution in [0.25, 0.3) is 10.9 Å². The van der Waals surface area contributed by atoms with Crippen molar-refractivity contribution in [1.29, 1.82) is 0 Å². The van der Waals surface area contributed by atoms with Crippen molar-refractivity contribution in [1.82, 2.24) is 4.98 Å². The third-order valence-electron chi connectivity index (χ3n) is 3.40. The van der Waals surface area contributed by atoms with Crippen molar-refractivity contribution in [3.8, 4) is 11.5 Å². The van der Waals surface area contributed by atoms with Gasteiger partial charge in [0, 0.05) is 33.1 Å². The summed E-state index contributed by atoms with van der Waals surface area (Å²) in [7, 11) is 2.90. The van der Waals surface area contributed by atoms with Crippen molar-refractivity contribution < 1.29 is 19.3 Å². The third kappa shape index (κ3) is 2.92. The van der Waals surface area contributed by atoms with Gasteiger partial charge in [-0.25, -0.2) is 0 Å². The fraction of sp³-hybridized carbons (Fsp3) is 0.385. The first-order valence-electron chi connectivity index (χ1n) is 6.43. The molecule has 0 saturated carbocycles. The van der Waals surface area contributed by atoms with E-state index in [-0.39, 0.29) is 0 Å². The lowest BCUT2D eigenvalue weighted by molar-refractivity contribution is -0.516. The summed E-state index contributed by atoms with van der Waals surface area (Å²) in [6, 6.07) is 3.27. The highest BCUT2D eigenvalue weighted by Crippen LogP contribution is 2.39. The van der Waals surface area contributed by atoms with E-state index in [1.807, 2.05) is 0 Å². The van der Waals surface area contributed by atoms with Crippen LogP contribution in [0.1, 0.15) is 11.5 Å². The molecule has 0 aliphatic heterocycles. The first-order chi connectivity index (χ1) is 10.5. The molecule has 0 radical (unpaired) electrons. The molecule has 1 aromatic heterocycles. The molecule has 1 N–H and O–H groups in total. The van der Waals surface area contributed by atoms with Crippen molar-refractivity contribution in [2.45, 2.75) is 5.92 Å². The molecule has 0 saturated heterocycles. The maximum atomic E-state index is 10.9. The number of aromatic amines is 1. The minimum absolute atomic E-state index is 0.331. The average Bonchev–Trinajstić information content (AvgIpc) is 2.92. The van der Waals surface area contributed by atoms with Gasteiger partial charge in [0.1, 0.15) is 17.4 Å². The molecule has 0 unspecified atom stereocenters. The molecule has 2 rings (SSSR count). The Balaban J connectivity index is 2.66. The average molecular weight is 309 g/mol. The number of benzene rings is 1. The SMILES string of the molecule is COc1cc(OC)c2[nH]ccc2c1C(C[N+](=O)[O-])C[N+](=O)[O-]. The van der Waals surface area contributed by atoms with Crippen molar-refractivity contribution in [2.75, 3.05) is 27.3 Å². The second kappa shape index (κ2) is 6.29. The Morgan fingerprint density at radius 3 is 2.23 bits per heavy atom. The second-order valence-electron chi connectivity index (χ2n) is 4.69. The smallest absolute Gasteiger partial charge is 0.217 e. The summed E-state index contributed by atoms with van der Waals surface area (Å²) in [4.78, 5) is 23.6. The Morgan fingerprint density at radius 1 is 1.14 bits per heavy atom. The monoisotopic (exact) mass is 309 g/mol. The number of H-pyrrole nitrogens is 1. The normalized spacial score (nSPS) is 10.9. The van der Waals surface area contributed by atoms with Gasteiger partial charge in [0.05, 0.1) is 19.7 Å². The summed E-state index contributed by atoms with van der Waals surface area (Å²) < 4.78 is 10.5. The molecule has 9 heteroatoms. The number of hydrogen-bond acceptors (Lipinski definition) is 6. The predicted octanol–water partition coefficient (Wildman–Crippen LogP) is 1.82. The Labute approximate surface area is 125 Å². The van der Waals surface area contributed by atoms with Gasteiger partial charge in [0.2, 0.25) is 13.1 Å². The largest absolute Gasteiger partial charge is 0.496 e. The second-order valence-corrected chi connectivity index (χ2v) is 4.69. The molecule has 1 heterocycles. The van der Waals surface area contributed by atoms with Gasteiger partial charge in [-0.3, -0.25) is 20.2 Å². The maximum Gasteiger partial charge on any atom is 0.217 e. The molecule has 0 atom stereocenters. The Hall–Kier alpha value is -2.84. The highest BCUT2D eigenvalue weighted by atomic mass is 16.6. The number of methoxy groups -OCH3 is 2. The van der Waals surface area contributed by atoms with Crippen LogP contribution < -0.4 is 9.47 Å². The third-order valence-corrected chi connectivity index (χ3v) is 3.40. The van der Waals surface area contributed by atoms with Gasteiger partial charge in [-0.15, -0.1) is 0 Å². The van der Waals surface area contributed by atoms with Gasteiger partial charge in [0.25, 0.3) is 0 Å². The molecule has 9 nitrogen and oxygen atoms in total. The van der Waals surface area contributed by atoms with E-state index in [4.69, 9.17) is 9.47 Å². The predicted molar refractivity (Wildman–Crippen MR) is 77.9 cm³/mol. The van der Waals surface area contributed by atoms with E-state index in [2.05, 4.69) is 4.98 Å². The Bertz CT molecular complexity index is 695. The molecule has 1 aromatic carbocycles. The Kier molecular flexibility index (Phi) is 4.44. The number of rotatable bonds is 7. The van der Waals surface area contributed by atoms with E-state index in [1.165, 1.54) is 14.2 Å². The van der Waals surface area contributed by atoms with Crippen LogP contribution in [0.5, 0.6) is 11.5 Å². The number of aromatic nitrogens is 1. The summed E-state index contributed by atoms with van der Waals surface area (Å²) in [5.74, 6) is -0.0663. The van der Waals surface area contributed by atoms with Crippen LogP contribution in [-0.4, -0.2) is 42.1 Å². The number of nitrogens with zero attached hydrogens (tertiary/aromatic N) is 2. The van der Waals surface area contributed by atoms with E-state index in [0.29, 0.717) is 28.0 Å². The van der Waals surface area contributed by atoms with E-state index in [0.717, 1.165) is 0 Å². The summed E-state index contributed by atoms with van der Waals surface area (Å²) >= 11 is 0. The molecule has 0 aliphatic carbocycles. The number of nitro groups is 2. The van der Waals surface area contributed by atoms with Gasteiger partial charge in [-0.1, -0.05) is 0 Å². The van der Waals surface area contributed by atoms with Crippen LogP contribution >= 0.6 is 0 Å². The quantitative estimate of drug-likeness (QED) is 0.615. The molecule has 0 spiro atoms. The minimum Gasteiger partial charge on any atom is -0.496 e. The van der Waals surface area contributed by atoms with Crippen LogP contribution in [0, 0.1) is 20.2 Å². The van der Waals surface area contributed by atoms with Crippen LogP contribution in [0.15, 0.2) is 18.3 Å². The van der Waals surface area contributed by atoms with Crippen LogP contribution in [0.3, 0.4) is 0 Å². The molecular formula is C13H15N3O6. The van der Waals surface area contributed by atoms with E-state index < -0.39 is 28.9 Å². The van der Waals surface area contributed by atoms with Crippen molar-refractivity contribution in [3.05, 3.63) is 44.1 Å². The lowest BCUT2D eigenvalue weighted by atomic mass is 9.94. The minimum atomic E-state index is -0.899. The van der Waals surface area contributed by atoms with Crippen LogP contribution in [-0.2, 0) is 0 Å². The molecular weight excluding hydrogens is 294 g/mol. The number of nitrogens with one attached hydrogen (secondary N) is 1. The lowest BCUT2D eigenvalue weighted by Gasteiger charge is -2.16. The zero-order chi connectivity index (χ0) is 16.3. The standard InChI is InChI=1S/C13H15N3O6/c1-21-10-5-11(22-2)13-9(3-4-14-13)12(10)8(6-15(17)18)7-16(19)20/h3-5,8,14H,6-7H2,1-2H3. The lowest BCUT2D eigenvalue weighted by Crippen LogP contribution is -2.21. The van der Waals surface area contributed by atoms with Crippen LogP contribution in [0.2, 0.25) is 0 Å². The fourth-order valence-electron chi connectivity index (χ4n) is 2.55. The topological polar surface area (TPSA) is 121 Å². The van der Waals surface area contributed by atoms with Gasteiger partial charge in [-0.2, -0.15) is 0 Å². The van der Waals surface area contributed by atoms with Crippen LogP contribution in [0.4, 0.5) is 0 Å². The van der Waals surface area contributed by atoms with Crippen molar-refractivity contribution in [3.63, 3.8) is 0 Å². The number of ether oxygens (including phenoxy) is 2. The summed E-state index contributed by atoms with van der Waals surface area (Å²) in [5.41, 5.74) is 1.06. The van der Waals surface area contributed by atoms with Crippen molar-refractivity contribution in [2.24, 2.45) is 0 Å². The highest BCUT2D eigenvalue weighted by Gasteiger charge is 2.30. The molecule has 0 bridgehead atoms. The van der Waals surface area contributed by atoms with E-state index in [9.17, 15) is 20.2 Å². The van der Waals surface area contributed by atoms with Gasteiger partial charge >= 0.3 is 0 Å². The van der Waals surface area contributed by atoms with Gasteiger partial charge < -0.3 is 14.5 Å². The van der Waals surface area contributed by atoms with E-state index in [1.54, 1.807) is 18.3 Å². The molecule has 0 amide bonds. The van der Waals surface area contributed by atoms with Gasteiger partial charge in [0.15, 0.2) is 0 Å². The number of hydrogen-bond donors (Lipinski definition) is 1. The molecule has 22 heavy (non-hydrogen) atoms. The zero-order valence-corrected chi connectivity index (χ0v) is 12.1. The molecule has 2 aromatic rings. The summed E-state index contributed by atoms with van der Waals surface area (Å²) in [6.07, 6.45) is 1.64. The first kappa shape index (κ1) is 15.5. The first-order valence-corrected chi connectivity index (χ1v) is 6.43. The zero-order valence-electron chi connectivity index (χ0n) is 12.1. The summed E-state index contributed by atoms with van der Waals surface area (Å²) in [6.45, 7) is -1.10.